The van der Waals surface area contributed by atoms with Crippen LogP contribution >= 0.6 is 0 Å². The summed E-state index contributed by atoms with van der Waals surface area (Å²) in [7, 11) is -2.38. The fourth-order valence-corrected chi connectivity index (χ4v) is 3.91. The minimum atomic E-state index is -3.86. The lowest BCUT2D eigenvalue weighted by atomic mass is 10.1. The van der Waals surface area contributed by atoms with Crippen molar-refractivity contribution in [3.8, 4) is 6.07 Å². The molecule has 0 saturated carbocycles. The fraction of sp³-hybridized carbons (Fsp3) is 0.462. The van der Waals surface area contributed by atoms with E-state index in [1.54, 1.807) is 6.07 Å². The van der Waals surface area contributed by atoms with Crippen LogP contribution in [0.4, 0.5) is 4.39 Å². The van der Waals surface area contributed by atoms with Crippen molar-refractivity contribution in [2.45, 2.75) is 23.8 Å². The molecular weight excluding hydrogens is 281 g/mol. The van der Waals surface area contributed by atoms with Crippen LogP contribution in [0.2, 0.25) is 0 Å². The van der Waals surface area contributed by atoms with Crippen LogP contribution in [0.3, 0.4) is 0 Å². The summed E-state index contributed by atoms with van der Waals surface area (Å²) in [5.41, 5.74) is -0.423. The predicted octanol–water partition coefficient (Wildman–Crippen LogP) is 1.07. The Labute approximate surface area is 118 Å². The van der Waals surface area contributed by atoms with Crippen LogP contribution in [0.5, 0.6) is 0 Å². The molecule has 0 unspecified atom stereocenters. The van der Waals surface area contributed by atoms with Crippen LogP contribution in [-0.4, -0.2) is 38.9 Å². The van der Waals surface area contributed by atoms with Crippen LogP contribution in [0.1, 0.15) is 18.4 Å². The van der Waals surface area contributed by atoms with E-state index in [-0.39, 0.29) is 10.9 Å². The lowest BCUT2D eigenvalue weighted by molar-refractivity contribution is 0.296. The van der Waals surface area contributed by atoms with E-state index < -0.39 is 21.4 Å². The number of sulfonamides is 1. The maximum Gasteiger partial charge on any atom is 0.244 e. The highest BCUT2D eigenvalue weighted by Gasteiger charge is 2.31. The molecule has 0 atom stereocenters. The molecule has 0 radical (unpaired) electrons. The standard InChI is InChI=1S/C13H16FN3O2S/c1-17(10-5-7-16-8-6-10)20(18,19)13-4-2-3-12(14)11(13)9-15/h2-4,10,16H,5-8H2,1H3. The molecule has 0 spiro atoms. The van der Waals surface area contributed by atoms with Gasteiger partial charge in [0, 0.05) is 13.1 Å². The number of benzene rings is 1. The Bertz CT molecular complexity index is 634. The molecule has 1 fully saturated rings. The first-order valence-electron chi connectivity index (χ1n) is 6.36. The molecule has 1 saturated heterocycles. The summed E-state index contributed by atoms with van der Waals surface area (Å²) >= 11 is 0. The van der Waals surface area contributed by atoms with Crippen molar-refractivity contribution in [2.75, 3.05) is 20.1 Å². The number of nitrogens with zero attached hydrogens (tertiary/aromatic N) is 2. The zero-order valence-electron chi connectivity index (χ0n) is 11.1. The molecule has 1 aliphatic heterocycles. The SMILES string of the molecule is CN(C1CCNCC1)S(=O)(=O)c1cccc(F)c1C#N. The summed E-state index contributed by atoms with van der Waals surface area (Å²) in [6.07, 6.45) is 1.40. The van der Waals surface area contributed by atoms with Crippen molar-refractivity contribution < 1.29 is 12.8 Å². The van der Waals surface area contributed by atoms with Gasteiger partial charge < -0.3 is 5.32 Å². The van der Waals surface area contributed by atoms with Gasteiger partial charge in [-0.2, -0.15) is 9.57 Å². The molecular formula is C13H16FN3O2S. The molecule has 5 nitrogen and oxygen atoms in total. The zero-order chi connectivity index (χ0) is 14.8. The van der Waals surface area contributed by atoms with Gasteiger partial charge in [0.15, 0.2) is 0 Å². The molecule has 0 amide bonds. The minimum Gasteiger partial charge on any atom is -0.317 e. The van der Waals surface area contributed by atoms with Crippen LogP contribution in [0.15, 0.2) is 23.1 Å². The van der Waals surface area contributed by atoms with E-state index in [0.29, 0.717) is 12.8 Å². The minimum absolute atomic E-state index is 0.129. The van der Waals surface area contributed by atoms with Crippen molar-refractivity contribution >= 4 is 10.0 Å². The van der Waals surface area contributed by atoms with Crippen molar-refractivity contribution in [1.82, 2.24) is 9.62 Å². The second-order valence-corrected chi connectivity index (χ2v) is 6.69. The molecule has 1 aromatic rings. The number of hydrogen-bond donors (Lipinski definition) is 1. The van der Waals surface area contributed by atoms with Crippen molar-refractivity contribution in [2.24, 2.45) is 0 Å². The van der Waals surface area contributed by atoms with Crippen molar-refractivity contribution in [3.05, 3.63) is 29.6 Å². The maximum atomic E-state index is 13.6. The van der Waals surface area contributed by atoms with Crippen LogP contribution in [0.25, 0.3) is 0 Å². The average Bonchev–Trinajstić information content (AvgIpc) is 2.47. The van der Waals surface area contributed by atoms with E-state index in [2.05, 4.69) is 5.32 Å². The largest absolute Gasteiger partial charge is 0.317 e. The highest BCUT2D eigenvalue weighted by atomic mass is 32.2. The molecule has 2 rings (SSSR count). The van der Waals surface area contributed by atoms with E-state index in [0.717, 1.165) is 19.2 Å². The summed E-state index contributed by atoms with van der Waals surface area (Å²) in [6, 6.07) is 5.17. The van der Waals surface area contributed by atoms with Crippen LogP contribution in [-0.2, 0) is 10.0 Å². The predicted molar refractivity (Wildman–Crippen MR) is 72.0 cm³/mol. The molecule has 0 aliphatic carbocycles. The first-order valence-corrected chi connectivity index (χ1v) is 7.80. The summed E-state index contributed by atoms with van der Waals surface area (Å²) in [4.78, 5) is -0.263. The zero-order valence-corrected chi connectivity index (χ0v) is 12.0. The van der Waals surface area contributed by atoms with Gasteiger partial charge in [0.1, 0.15) is 22.3 Å². The van der Waals surface area contributed by atoms with E-state index in [1.807, 2.05) is 0 Å². The lowest BCUT2D eigenvalue weighted by Gasteiger charge is -2.31. The Morgan fingerprint density at radius 2 is 2.05 bits per heavy atom. The van der Waals surface area contributed by atoms with Gasteiger partial charge in [-0.1, -0.05) is 6.07 Å². The van der Waals surface area contributed by atoms with Crippen LogP contribution < -0.4 is 5.32 Å². The van der Waals surface area contributed by atoms with Gasteiger partial charge in [-0.05, 0) is 38.1 Å². The third-order valence-corrected chi connectivity index (χ3v) is 5.52. The molecule has 108 valence electrons. The summed E-state index contributed by atoms with van der Waals surface area (Å²) in [6.45, 7) is 1.50. The normalized spacial score (nSPS) is 17.1. The molecule has 7 heteroatoms. The van der Waals surface area contributed by atoms with E-state index in [1.165, 1.54) is 23.5 Å². The molecule has 1 aliphatic rings. The van der Waals surface area contributed by atoms with Gasteiger partial charge in [0.05, 0.1) is 0 Å². The first-order chi connectivity index (χ1) is 9.48. The monoisotopic (exact) mass is 297 g/mol. The van der Waals surface area contributed by atoms with Gasteiger partial charge in [0.2, 0.25) is 10.0 Å². The van der Waals surface area contributed by atoms with Crippen LogP contribution in [0, 0.1) is 17.1 Å². The van der Waals surface area contributed by atoms with E-state index in [9.17, 15) is 12.8 Å². The Balaban J connectivity index is 2.40. The van der Waals surface area contributed by atoms with E-state index >= 15 is 0 Å². The summed E-state index contributed by atoms with van der Waals surface area (Å²) in [5, 5.41) is 12.1. The topological polar surface area (TPSA) is 73.2 Å². The molecule has 1 aromatic carbocycles. The molecule has 0 aromatic heterocycles. The van der Waals surface area contributed by atoms with Gasteiger partial charge in [0.25, 0.3) is 0 Å². The third-order valence-electron chi connectivity index (χ3n) is 3.57. The van der Waals surface area contributed by atoms with Gasteiger partial charge in [-0.25, -0.2) is 12.8 Å². The molecule has 1 N–H and O–H groups in total. The Kier molecular flexibility index (Phi) is 4.38. The number of rotatable bonds is 3. The molecule has 20 heavy (non-hydrogen) atoms. The Morgan fingerprint density at radius 1 is 1.40 bits per heavy atom. The average molecular weight is 297 g/mol. The van der Waals surface area contributed by atoms with Crippen molar-refractivity contribution in [1.29, 1.82) is 5.26 Å². The fourth-order valence-electron chi connectivity index (χ4n) is 2.35. The summed E-state index contributed by atoms with van der Waals surface area (Å²) in [5.74, 6) is -0.813. The Hall–Kier alpha value is -1.49. The number of piperidine rings is 1. The maximum absolute atomic E-state index is 13.6. The van der Waals surface area contributed by atoms with Crippen molar-refractivity contribution in [3.63, 3.8) is 0 Å². The van der Waals surface area contributed by atoms with E-state index in [4.69, 9.17) is 5.26 Å². The van der Waals surface area contributed by atoms with Gasteiger partial charge >= 0.3 is 0 Å². The molecule has 1 heterocycles. The highest BCUT2D eigenvalue weighted by Crippen LogP contribution is 2.24. The smallest absolute Gasteiger partial charge is 0.244 e. The van der Waals surface area contributed by atoms with Gasteiger partial charge in [-0.15, -0.1) is 0 Å². The first kappa shape index (κ1) is 14.9. The number of halogens is 1. The quantitative estimate of drug-likeness (QED) is 0.905. The summed E-state index contributed by atoms with van der Waals surface area (Å²) < 4.78 is 39.9. The third kappa shape index (κ3) is 2.68. The number of nitriles is 1. The molecule has 0 bridgehead atoms. The number of nitrogens with one attached hydrogen (secondary N) is 1. The highest BCUT2D eigenvalue weighted by molar-refractivity contribution is 7.89. The second-order valence-electron chi connectivity index (χ2n) is 4.73. The second kappa shape index (κ2) is 5.87. The number of hydrogen-bond acceptors (Lipinski definition) is 4. The Morgan fingerprint density at radius 3 is 2.65 bits per heavy atom. The lowest BCUT2D eigenvalue weighted by Crippen LogP contribution is -2.44. The van der Waals surface area contributed by atoms with Gasteiger partial charge in [-0.3, -0.25) is 0 Å².